The van der Waals surface area contributed by atoms with Crippen molar-refractivity contribution in [2.45, 2.75) is 11.9 Å². The molecule has 0 radical (unpaired) electrons. The van der Waals surface area contributed by atoms with Crippen LogP contribution in [0.2, 0.25) is 0 Å². The van der Waals surface area contributed by atoms with Gasteiger partial charge in [-0.15, -0.1) is 11.8 Å². The summed E-state index contributed by atoms with van der Waals surface area (Å²) in [5, 5.41) is 9.63. The summed E-state index contributed by atoms with van der Waals surface area (Å²) >= 11 is 1.57. The molecule has 0 fully saturated rings. The average molecular weight is 199 g/mol. The van der Waals surface area contributed by atoms with Crippen LogP contribution in [-0.4, -0.2) is 27.4 Å². The van der Waals surface area contributed by atoms with Gasteiger partial charge in [-0.05, 0) is 5.92 Å². The first kappa shape index (κ1) is 10.3. The minimum Gasteiger partial charge on any atom is -0.396 e. The molecule has 0 amide bonds. The first-order valence-electron chi connectivity index (χ1n) is 4.03. The molecule has 0 aliphatic carbocycles. The van der Waals surface area contributed by atoms with E-state index in [1.165, 1.54) is 6.20 Å². The summed E-state index contributed by atoms with van der Waals surface area (Å²) < 4.78 is 0. The second kappa shape index (κ2) is 5.04. The van der Waals surface area contributed by atoms with Gasteiger partial charge in [0.2, 0.25) is 0 Å². The molecule has 0 aromatic carbocycles. The second-order valence-corrected chi connectivity index (χ2v) is 3.92. The lowest BCUT2D eigenvalue weighted by atomic mass is 10.2. The van der Waals surface area contributed by atoms with E-state index in [1.54, 1.807) is 18.0 Å². The number of nitrogen functional groups attached to an aromatic ring is 1. The zero-order valence-electron chi connectivity index (χ0n) is 7.47. The molecule has 0 aliphatic heterocycles. The quantitative estimate of drug-likeness (QED) is 0.701. The molecule has 1 heterocycles. The van der Waals surface area contributed by atoms with Gasteiger partial charge >= 0.3 is 0 Å². The van der Waals surface area contributed by atoms with Gasteiger partial charge in [0.1, 0.15) is 10.8 Å². The molecule has 1 aromatic heterocycles. The smallest absolute Gasteiger partial charge is 0.141 e. The molecule has 0 spiro atoms. The Kier molecular flexibility index (Phi) is 3.98. The van der Waals surface area contributed by atoms with Gasteiger partial charge in [-0.2, -0.15) is 0 Å². The number of aromatic nitrogens is 2. The third kappa shape index (κ3) is 3.61. The Hall–Kier alpha value is -0.810. The van der Waals surface area contributed by atoms with Crippen molar-refractivity contribution in [3.63, 3.8) is 0 Å². The summed E-state index contributed by atoms with van der Waals surface area (Å²) in [6.07, 6.45) is 3.18. The lowest BCUT2D eigenvalue weighted by molar-refractivity contribution is 0.250. The Balaban J connectivity index is 2.41. The Morgan fingerprint density at radius 1 is 1.54 bits per heavy atom. The third-order valence-corrected chi connectivity index (χ3v) is 2.72. The molecule has 3 N–H and O–H groups in total. The van der Waals surface area contributed by atoms with Crippen molar-refractivity contribution in [3.8, 4) is 0 Å². The van der Waals surface area contributed by atoms with Crippen molar-refractivity contribution in [1.82, 2.24) is 9.97 Å². The number of nitrogens with zero attached hydrogens (tertiary/aromatic N) is 2. The van der Waals surface area contributed by atoms with Crippen molar-refractivity contribution in [1.29, 1.82) is 0 Å². The molecule has 5 heteroatoms. The van der Waals surface area contributed by atoms with E-state index < -0.39 is 0 Å². The Labute approximate surface area is 81.6 Å². The number of hydrogen-bond donors (Lipinski definition) is 2. The lowest BCUT2D eigenvalue weighted by Crippen LogP contribution is -2.03. The predicted molar refractivity (Wildman–Crippen MR) is 53.4 cm³/mol. The molecule has 1 aromatic rings. The van der Waals surface area contributed by atoms with Gasteiger partial charge in [0, 0.05) is 12.4 Å². The largest absolute Gasteiger partial charge is 0.396 e. The SMILES string of the molecule is CC(CO)CSc1cnc(N)cn1. The Bertz CT molecular complexity index is 252. The molecular weight excluding hydrogens is 186 g/mol. The maximum atomic E-state index is 8.79. The molecule has 4 nitrogen and oxygen atoms in total. The van der Waals surface area contributed by atoms with E-state index in [1.807, 2.05) is 6.92 Å². The van der Waals surface area contributed by atoms with Crippen molar-refractivity contribution < 1.29 is 5.11 Å². The molecule has 0 bridgehead atoms. The minimum atomic E-state index is 0.204. The van der Waals surface area contributed by atoms with Crippen LogP contribution in [0.4, 0.5) is 5.82 Å². The predicted octanol–water partition coefficient (Wildman–Crippen LogP) is 0.779. The van der Waals surface area contributed by atoms with Gasteiger partial charge in [-0.25, -0.2) is 9.97 Å². The number of nitrogens with two attached hydrogens (primary N) is 1. The standard InChI is InChI=1S/C8H13N3OS/c1-6(4-12)5-13-8-3-10-7(9)2-11-8/h2-3,6,12H,4-5H2,1H3,(H2,9,10). The number of rotatable bonds is 4. The van der Waals surface area contributed by atoms with Gasteiger partial charge in [0.05, 0.1) is 12.4 Å². The fraction of sp³-hybridized carbons (Fsp3) is 0.500. The molecule has 13 heavy (non-hydrogen) atoms. The molecule has 72 valence electrons. The highest BCUT2D eigenvalue weighted by molar-refractivity contribution is 7.99. The van der Waals surface area contributed by atoms with Crippen LogP contribution in [-0.2, 0) is 0 Å². The first-order chi connectivity index (χ1) is 6.22. The molecule has 1 rings (SSSR count). The van der Waals surface area contributed by atoms with Crippen molar-refractivity contribution in [2.24, 2.45) is 5.92 Å². The summed E-state index contributed by atoms with van der Waals surface area (Å²) in [6, 6.07) is 0. The molecule has 0 aliphatic rings. The number of anilines is 1. The molecule has 0 saturated carbocycles. The van der Waals surface area contributed by atoms with E-state index >= 15 is 0 Å². The van der Waals surface area contributed by atoms with E-state index in [9.17, 15) is 0 Å². The van der Waals surface area contributed by atoms with Crippen LogP contribution in [0.1, 0.15) is 6.92 Å². The van der Waals surface area contributed by atoms with E-state index in [2.05, 4.69) is 9.97 Å². The lowest BCUT2D eigenvalue weighted by Gasteiger charge is -2.05. The fourth-order valence-corrected chi connectivity index (χ4v) is 1.50. The van der Waals surface area contributed by atoms with Crippen LogP contribution in [0.25, 0.3) is 0 Å². The maximum absolute atomic E-state index is 8.79. The van der Waals surface area contributed by atoms with Crippen molar-refractivity contribution >= 4 is 17.6 Å². The zero-order valence-corrected chi connectivity index (χ0v) is 8.29. The first-order valence-corrected chi connectivity index (χ1v) is 5.02. The number of aliphatic hydroxyl groups is 1. The highest BCUT2D eigenvalue weighted by Gasteiger charge is 2.02. The van der Waals surface area contributed by atoms with Crippen LogP contribution < -0.4 is 5.73 Å². The summed E-state index contributed by atoms with van der Waals surface area (Å²) in [5.74, 6) is 1.55. The van der Waals surface area contributed by atoms with E-state index in [4.69, 9.17) is 10.8 Å². The average Bonchev–Trinajstić information content (AvgIpc) is 2.16. The summed E-state index contributed by atoms with van der Waals surface area (Å²) in [5.41, 5.74) is 5.39. The van der Waals surface area contributed by atoms with Gasteiger partial charge in [-0.1, -0.05) is 6.92 Å². The van der Waals surface area contributed by atoms with Crippen molar-refractivity contribution in [3.05, 3.63) is 12.4 Å². The number of hydrogen-bond acceptors (Lipinski definition) is 5. The van der Waals surface area contributed by atoms with E-state index in [-0.39, 0.29) is 12.5 Å². The maximum Gasteiger partial charge on any atom is 0.141 e. The van der Waals surface area contributed by atoms with Gasteiger partial charge < -0.3 is 10.8 Å². The summed E-state index contributed by atoms with van der Waals surface area (Å²) in [7, 11) is 0. The molecular formula is C8H13N3OS. The summed E-state index contributed by atoms with van der Waals surface area (Å²) in [6.45, 7) is 2.19. The van der Waals surface area contributed by atoms with Gasteiger partial charge in [0.15, 0.2) is 0 Å². The van der Waals surface area contributed by atoms with Gasteiger partial charge in [-0.3, -0.25) is 0 Å². The van der Waals surface area contributed by atoms with Crippen LogP contribution in [0.15, 0.2) is 17.4 Å². The van der Waals surface area contributed by atoms with Crippen LogP contribution in [0, 0.1) is 5.92 Å². The third-order valence-electron chi connectivity index (χ3n) is 1.48. The molecule has 0 saturated heterocycles. The second-order valence-electron chi connectivity index (χ2n) is 2.88. The minimum absolute atomic E-state index is 0.204. The normalized spacial score (nSPS) is 12.8. The Morgan fingerprint density at radius 2 is 2.31 bits per heavy atom. The molecule has 1 unspecified atom stereocenters. The highest BCUT2D eigenvalue weighted by Crippen LogP contribution is 2.17. The molecule has 1 atom stereocenters. The van der Waals surface area contributed by atoms with E-state index in [0.29, 0.717) is 5.82 Å². The summed E-state index contributed by atoms with van der Waals surface area (Å²) in [4.78, 5) is 7.99. The highest BCUT2D eigenvalue weighted by atomic mass is 32.2. The zero-order chi connectivity index (χ0) is 9.68. The monoisotopic (exact) mass is 199 g/mol. The van der Waals surface area contributed by atoms with Crippen LogP contribution in [0.5, 0.6) is 0 Å². The van der Waals surface area contributed by atoms with Gasteiger partial charge in [0.25, 0.3) is 0 Å². The Morgan fingerprint density at radius 3 is 2.85 bits per heavy atom. The number of thioether (sulfide) groups is 1. The fourth-order valence-electron chi connectivity index (χ4n) is 0.681. The topological polar surface area (TPSA) is 72.0 Å². The van der Waals surface area contributed by atoms with Crippen molar-refractivity contribution in [2.75, 3.05) is 18.1 Å². The number of aliphatic hydroxyl groups excluding tert-OH is 1. The van der Waals surface area contributed by atoms with Crippen LogP contribution in [0.3, 0.4) is 0 Å². The van der Waals surface area contributed by atoms with Crippen LogP contribution >= 0.6 is 11.8 Å². The van der Waals surface area contributed by atoms with E-state index in [0.717, 1.165) is 10.8 Å².